The van der Waals surface area contributed by atoms with Crippen LogP contribution in [0.15, 0.2) is 46.9 Å². The van der Waals surface area contributed by atoms with Crippen molar-refractivity contribution in [1.29, 1.82) is 0 Å². The second-order valence-electron chi connectivity index (χ2n) is 6.93. The molecule has 1 unspecified atom stereocenters. The van der Waals surface area contributed by atoms with Gasteiger partial charge in [-0.25, -0.2) is 0 Å². The summed E-state index contributed by atoms with van der Waals surface area (Å²) in [4.78, 5) is 16.0. The number of halogens is 1. The predicted octanol–water partition coefficient (Wildman–Crippen LogP) is 1.95. The Balaban J connectivity index is 1.62. The molecule has 28 heavy (non-hydrogen) atoms. The number of hydrogen-bond acceptors (Lipinski definition) is 4. The SMILES string of the molecule is COc1ccc(Br)cc1C[NH+](C)CC(=O)Nc1ccccc1N1CCOCC1. The minimum absolute atomic E-state index is 0.00725. The summed E-state index contributed by atoms with van der Waals surface area (Å²) in [5, 5.41) is 3.08. The lowest BCUT2D eigenvalue weighted by molar-refractivity contribution is -0.885. The molecule has 0 aliphatic carbocycles. The van der Waals surface area contributed by atoms with Gasteiger partial charge in [0.05, 0.1) is 38.7 Å². The summed E-state index contributed by atoms with van der Waals surface area (Å²) in [6.45, 7) is 4.16. The molecule has 1 fully saturated rings. The fraction of sp³-hybridized carbons (Fsp3) is 0.381. The fourth-order valence-corrected chi connectivity index (χ4v) is 3.81. The van der Waals surface area contributed by atoms with E-state index in [4.69, 9.17) is 9.47 Å². The number of quaternary nitrogens is 1. The van der Waals surface area contributed by atoms with Crippen LogP contribution in [0.5, 0.6) is 5.75 Å². The van der Waals surface area contributed by atoms with E-state index in [0.29, 0.717) is 26.3 Å². The van der Waals surface area contributed by atoms with Crippen LogP contribution in [-0.4, -0.2) is 52.9 Å². The van der Waals surface area contributed by atoms with Gasteiger partial charge in [0.2, 0.25) is 0 Å². The molecule has 1 amide bonds. The summed E-state index contributed by atoms with van der Waals surface area (Å²) in [6.07, 6.45) is 0. The molecule has 6 nitrogen and oxygen atoms in total. The molecular formula is C21H27BrN3O3+. The molecule has 150 valence electrons. The Kier molecular flexibility index (Phi) is 7.30. The molecular weight excluding hydrogens is 422 g/mol. The van der Waals surface area contributed by atoms with Crippen molar-refractivity contribution in [2.24, 2.45) is 0 Å². The van der Waals surface area contributed by atoms with Gasteiger partial charge in [-0.05, 0) is 30.3 Å². The lowest BCUT2D eigenvalue weighted by Crippen LogP contribution is -3.08. The van der Waals surface area contributed by atoms with E-state index in [-0.39, 0.29) is 5.91 Å². The van der Waals surface area contributed by atoms with E-state index in [0.717, 1.165) is 45.1 Å². The molecule has 3 rings (SSSR count). The van der Waals surface area contributed by atoms with Gasteiger partial charge in [0.1, 0.15) is 12.3 Å². The highest BCUT2D eigenvalue weighted by Gasteiger charge is 2.18. The number of benzene rings is 2. The minimum Gasteiger partial charge on any atom is -0.496 e. The summed E-state index contributed by atoms with van der Waals surface area (Å²) in [5.74, 6) is 0.827. The number of rotatable bonds is 7. The molecule has 2 aromatic carbocycles. The van der Waals surface area contributed by atoms with E-state index in [2.05, 4.69) is 26.1 Å². The average molecular weight is 449 g/mol. The van der Waals surface area contributed by atoms with Crippen LogP contribution in [-0.2, 0) is 16.1 Å². The number of methoxy groups -OCH3 is 1. The molecule has 1 atom stereocenters. The summed E-state index contributed by atoms with van der Waals surface area (Å²) < 4.78 is 11.9. The normalized spacial score (nSPS) is 15.2. The number of amides is 1. The first-order valence-electron chi connectivity index (χ1n) is 9.42. The number of ether oxygens (including phenoxy) is 2. The van der Waals surface area contributed by atoms with Gasteiger partial charge in [0.25, 0.3) is 5.91 Å². The Bertz CT molecular complexity index is 809. The van der Waals surface area contributed by atoms with Gasteiger partial charge in [0, 0.05) is 23.1 Å². The van der Waals surface area contributed by atoms with E-state index in [1.807, 2.05) is 49.5 Å². The topological polar surface area (TPSA) is 55.2 Å². The number of para-hydroxylation sites is 2. The average Bonchev–Trinajstić information content (AvgIpc) is 2.69. The maximum absolute atomic E-state index is 12.7. The molecule has 2 aromatic rings. The van der Waals surface area contributed by atoms with Gasteiger partial charge in [-0.2, -0.15) is 0 Å². The maximum atomic E-state index is 12.7. The van der Waals surface area contributed by atoms with E-state index in [1.165, 1.54) is 0 Å². The zero-order chi connectivity index (χ0) is 19.9. The van der Waals surface area contributed by atoms with Crippen molar-refractivity contribution in [3.05, 3.63) is 52.5 Å². The van der Waals surface area contributed by atoms with Crippen LogP contribution < -0.4 is 19.9 Å². The van der Waals surface area contributed by atoms with Crippen LogP contribution in [0, 0.1) is 0 Å². The van der Waals surface area contributed by atoms with E-state index < -0.39 is 0 Å². The van der Waals surface area contributed by atoms with Crippen molar-refractivity contribution >= 4 is 33.2 Å². The third-order valence-corrected chi connectivity index (χ3v) is 5.22. The number of morpholine rings is 1. The number of likely N-dealkylation sites (N-methyl/N-ethyl adjacent to an activating group) is 1. The quantitative estimate of drug-likeness (QED) is 0.679. The van der Waals surface area contributed by atoms with Crippen molar-refractivity contribution < 1.29 is 19.2 Å². The van der Waals surface area contributed by atoms with Crippen LogP contribution >= 0.6 is 15.9 Å². The van der Waals surface area contributed by atoms with Gasteiger partial charge in [0.15, 0.2) is 6.54 Å². The number of carbonyl (C=O) groups is 1. The number of nitrogens with one attached hydrogen (secondary N) is 2. The standard InChI is InChI=1S/C21H26BrN3O3/c1-24(14-16-13-17(22)7-8-20(16)27-2)15-21(26)23-18-5-3-4-6-19(18)25-9-11-28-12-10-25/h3-8,13H,9-12,14-15H2,1-2H3,(H,23,26)/p+1. The van der Waals surface area contributed by atoms with Crippen LogP contribution in [0.1, 0.15) is 5.56 Å². The summed E-state index contributed by atoms with van der Waals surface area (Å²) >= 11 is 3.50. The van der Waals surface area contributed by atoms with Gasteiger partial charge in [-0.3, -0.25) is 4.79 Å². The molecule has 0 spiro atoms. The van der Waals surface area contributed by atoms with E-state index >= 15 is 0 Å². The van der Waals surface area contributed by atoms with Crippen molar-refractivity contribution in [2.75, 3.05) is 57.2 Å². The summed E-state index contributed by atoms with van der Waals surface area (Å²) in [7, 11) is 3.67. The summed E-state index contributed by atoms with van der Waals surface area (Å²) in [5.41, 5.74) is 2.96. The Labute approximate surface area is 174 Å². The Morgan fingerprint density at radius 3 is 2.75 bits per heavy atom. The van der Waals surface area contributed by atoms with E-state index in [9.17, 15) is 4.79 Å². The number of anilines is 2. The molecule has 0 aromatic heterocycles. The zero-order valence-electron chi connectivity index (χ0n) is 16.3. The second kappa shape index (κ2) is 9.91. The van der Waals surface area contributed by atoms with Gasteiger partial charge in [-0.15, -0.1) is 0 Å². The van der Waals surface area contributed by atoms with Crippen molar-refractivity contribution in [2.45, 2.75) is 6.54 Å². The zero-order valence-corrected chi connectivity index (χ0v) is 17.9. The lowest BCUT2D eigenvalue weighted by Gasteiger charge is -2.30. The molecule has 0 bridgehead atoms. The number of carbonyl (C=O) groups excluding carboxylic acids is 1. The number of hydrogen-bond donors (Lipinski definition) is 2. The molecule has 2 N–H and O–H groups in total. The van der Waals surface area contributed by atoms with Gasteiger partial charge < -0.3 is 24.6 Å². The molecule has 1 aliphatic heterocycles. The van der Waals surface area contributed by atoms with Crippen molar-refractivity contribution in [3.63, 3.8) is 0 Å². The maximum Gasteiger partial charge on any atom is 0.279 e. The van der Waals surface area contributed by atoms with Gasteiger partial charge >= 0.3 is 0 Å². The first-order chi connectivity index (χ1) is 13.6. The molecule has 1 aliphatic rings. The number of nitrogens with zero attached hydrogens (tertiary/aromatic N) is 1. The van der Waals surface area contributed by atoms with Gasteiger partial charge in [-0.1, -0.05) is 28.1 Å². The van der Waals surface area contributed by atoms with Crippen LogP contribution in [0.25, 0.3) is 0 Å². The highest BCUT2D eigenvalue weighted by molar-refractivity contribution is 9.10. The Hall–Kier alpha value is -2.09. The Morgan fingerprint density at radius 2 is 2.00 bits per heavy atom. The summed E-state index contributed by atoms with van der Waals surface area (Å²) in [6, 6.07) is 13.9. The highest BCUT2D eigenvalue weighted by atomic mass is 79.9. The smallest absolute Gasteiger partial charge is 0.279 e. The van der Waals surface area contributed by atoms with E-state index in [1.54, 1.807) is 7.11 Å². The Morgan fingerprint density at radius 1 is 1.25 bits per heavy atom. The van der Waals surface area contributed by atoms with Crippen molar-refractivity contribution in [1.82, 2.24) is 0 Å². The molecule has 1 saturated heterocycles. The highest BCUT2D eigenvalue weighted by Crippen LogP contribution is 2.26. The first-order valence-corrected chi connectivity index (χ1v) is 10.2. The second-order valence-corrected chi connectivity index (χ2v) is 7.85. The monoisotopic (exact) mass is 448 g/mol. The minimum atomic E-state index is -0.00725. The fourth-order valence-electron chi connectivity index (χ4n) is 3.40. The van der Waals surface area contributed by atoms with Crippen LogP contribution in [0.2, 0.25) is 0 Å². The largest absolute Gasteiger partial charge is 0.496 e. The van der Waals surface area contributed by atoms with Crippen LogP contribution in [0.4, 0.5) is 11.4 Å². The third kappa shape index (κ3) is 5.47. The predicted molar refractivity (Wildman–Crippen MR) is 114 cm³/mol. The molecule has 7 heteroatoms. The molecule has 0 radical (unpaired) electrons. The first kappa shape index (κ1) is 20.6. The third-order valence-electron chi connectivity index (χ3n) is 4.73. The molecule has 1 heterocycles. The molecule has 0 saturated carbocycles. The van der Waals surface area contributed by atoms with Crippen LogP contribution in [0.3, 0.4) is 0 Å². The van der Waals surface area contributed by atoms with Crippen molar-refractivity contribution in [3.8, 4) is 5.75 Å². The lowest BCUT2D eigenvalue weighted by atomic mass is 10.2.